The Labute approximate surface area is 205 Å². The van der Waals surface area contributed by atoms with Crippen LogP contribution < -0.4 is 0 Å². The molecule has 1 aliphatic heterocycles. The molecule has 30 heavy (non-hydrogen) atoms. The van der Waals surface area contributed by atoms with Crippen molar-refractivity contribution >= 4 is 53.9 Å². The van der Waals surface area contributed by atoms with Gasteiger partial charge in [-0.2, -0.15) is 12.6 Å². The third kappa shape index (κ3) is 17.4. The van der Waals surface area contributed by atoms with Crippen LogP contribution in [-0.2, 0) is 9.53 Å². The molecule has 3 nitrogen and oxygen atoms in total. The number of halogens is 2. The summed E-state index contributed by atoms with van der Waals surface area (Å²) in [6.45, 7) is 5.54. The summed E-state index contributed by atoms with van der Waals surface area (Å²) in [7, 11) is 0. The number of aliphatic hydroxyl groups is 1. The monoisotopic (exact) mass is 502 g/mol. The number of aldehydes is 1. The summed E-state index contributed by atoms with van der Waals surface area (Å²) in [5.74, 6) is 1.27. The Morgan fingerprint density at radius 2 is 1.60 bits per heavy atom. The zero-order chi connectivity index (χ0) is 22.6. The molecule has 3 fully saturated rings. The first-order valence-electron chi connectivity index (χ1n) is 11.6. The molecule has 180 valence electrons. The number of hydrogen-bond donors (Lipinski definition) is 2. The molecule has 3 aliphatic rings. The Morgan fingerprint density at radius 3 is 1.97 bits per heavy atom. The average Bonchev–Trinajstić information content (AvgIpc) is 2.76. The molecule has 2 saturated carbocycles. The van der Waals surface area contributed by atoms with E-state index in [4.69, 9.17) is 33.0 Å². The van der Waals surface area contributed by atoms with Crippen LogP contribution in [-0.4, -0.2) is 45.9 Å². The summed E-state index contributed by atoms with van der Waals surface area (Å²) in [5, 5.41) is 9.54. The number of alkyl halides is 2. The molecule has 0 spiro atoms. The molecule has 2 aliphatic carbocycles. The maximum atomic E-state index is 10.2. The zero-order valence-corrected chi connectivity index (χ0v) is 22.2. The van der Waals surface area contributed by atoms with Gasteiger partial charge in [0, 0.05) is 29.6 Å². The van der Waals surface area contributed by atoms with Gasteiger partial charge in [-0.3, -0.25) is 0 Å². The molecule has 3 atom stereocenters. The highest BCUT2D eigenvalue weighted by atomic mass is 35.5. The number of carbonyl (C=O) groups excluding carboxylic acids is 1. The van der Waals surface area contributed by atoms with Crippen LogP contribution in [0.5, 0.6) is 0 Å². The fourth-order valence-electron chi connectivity index (χ4n) is 3.80. The SMILES string of the molecule is CC(S)CCO.CC1CCOC(C2CCCCC2)S1.ClCCl.O=CC1CCCCC1. The van der Waals surface area contributed by atoms with Gasteiger partial charge in [-0.15, -0.1) is 35.0 Å². The molecule has 0 radical (unpaired) electrons. The smallest absolute Gasteiger partial charge is 0.123 e. The predicted octanol–water partition coefficient (Wildman–Crippen LogP) is 7.31. The Hall–Kier alpha value is 0.870. The van der Waals surface area contributed by atoms with E-state index in [1.54, 1.807) is 0 Å². The van der Waals surface area contributed by atoms with Gasteiger partial charge in [0.1, 0.15) is 11.7 Å². The average molecular weight is 504 g/mol. The number of thiol groups is 1. The summed E-state index contributed by atoms with van der Waals surface area (Å²) >= 11 is 15.6. The highest BCUT2D eigenvalue weighted by Gasteiger charge is 2.28. The molecule has 0 bridgehead atoms. The van der Waals surface area contributed by atoms with Crippen LogP contribution in [0.2, 0.25) is 0 Å². The van der Waals surface area contributed by atoms with E-state index in [1.165, 1.54) is 57.8 Å². The van der Waals surface area contributed by atoms with E-state index in [9.17, 15) is 4.79 Å². The van der Waals surface area contributed by atoms with E-state index < -0.39 is 0 Å². The van der Waals surface area contributed by atoms with Gasteiger partial charge in [-0.1, -0.05) is 52.4 Å². The lowest BCUT2D eigenvalue weighted by Crippen LogP contribution is -2.29. The zero-order valence-electron chi connectivity index (χ0n) is 18.9. The molecular formula is C23H44Cl2O3S2. The minimum atomic E-state index is 0.194. The van der Waals surface area contributed by atoms with Gasteiger partial charge in [0.2, 0.25) is 0 Å². The van der Waals surface area contributed by atoms with Crippen LogP contribution in [0.4, 0.5) is 0 Å². The van der Waals surface area contributed by atoms with Crippen molar-refractivity contribution in [1.82, 2.24) is 0 Å². The Kier molecular flexibility index (Phi) is 22.3. The number of ether oxygens (including phenoxy) is 1. The molecule has 0 aromatic rings. The standard InChI is InChI=1S/C11H20OS.C7H12O.C4H10OS.CH2Cl2/c1-9-7-8-12-11(13-9)10-5-3-2-4-6-10;8-6-7-4-2-1-3-5-7;1-4(6)2-3-5;2-1-3/h9-11H,2-8H2,1H3;6-7H,1-5H2;4-6H,2-3H2,1H3;1H2. The van der Waals surface area contributed by atoms with Crippen molar-refractivity contribution in [3.63, 3.8) is 0 Å². The lowest BCUT2D eigenvalue weighted by molar-refractivity contribution is -0.111. The summed E-state index contributed by atoms with van der Waals surface area (Å²) in [6.07, 6.45) is 16.4. The number of rotatable bonds is 4. The van der Waals surface area contributed by atoms with Crippen molar-refractivity contribution in [2.45, 2.75) is 107 Å². The van der Waals surface area contributed by atoms with E-state index in [-0.39, 0.29) is 11.9 Å². The van der Waals surface area contributed by atoms with E-state index in [0.29, 0.717) is 16.6 Å². The molecule has 1 saturated heterocycles. The lowest BCUT2D eigenvalue weighted by Gasteiger charge is -2.34. The third-order valence-electron chi connectivity index (χ3n) is 5.60. The minimum Gasteiger partial charge on any atom is -0.396 e. The normalized spacial score (nSPS) is 25.9. The maximum Gasteiger partial charge on any atom is 0.123 e. The van der Waals surface area contributed by atoms with Crippen LogP contribution in [0.3, 0.4) is 0 Å². The van der Waals surface area contributed by atoms with Crippen molar-refractivity contribution in [2.24, 2.45) is 11.8 Å². The van der Waals surface area contributed by atoms with Gasteiger partial charge < -0.3 is 14.6 Å². The van der Waals surface area contributed by atoms with Crippen molar-refractivity contribution in [3.05, 3.63) is 0 Å². The Bertz CT molecular complexity index is 377. The van der Waals surface area contributed by atoms with Crippen LogP contribution in [0.25, 0.3) is 0 Å². The van der Waals surface area contributed by atoms with Crippen molar-refractivity contribution in [1.29, 1.82) is 0 Å². The fourth-order valence-corrected chi connectivity index (χ4v) is 5.27. The Morgan fingerprint density at radius 1 is 1.07 bits per heavy atom. The van der Waals surface area contributed by atoms with E-state index in [2.05, 4.69) is 31.3 Å². The molecule has 3 unspecified atom stereocenters. The van der Waals surface area contributed by atoms with Crippen molar-refractivity contribution < 1.29 is 14.6 Å². The number of thioether (sulfide) groups is 1. The minimum absolute atomic E-state index is 0.194. The number of aliphatic hydroxyl groups excluding tert-OH is 1. The largest absolute Gasteiger partial charge is 0.396 e. The first-order valence-corrected chi connectivity index (χ1v) is 14.1. The molecule has 3 rings (SSSR count). The van der Waals surface area contributed by atoms with Gasteiger partial charge in [0.05, 0.1) is 5.34 Å². The summed E-state index contributed by atoms with van der Waals surface area (Å²) < 4.78 is 5.85. The molecule has 1 N–H and O–H groups in total. The predicted molar refractivity (Wildman–Crippen MR) is 137 cm³/mol. The van der Waals surface area contributed by atoms with Crippen LogP contribution >= 0.6 is 47.6 Å². The Balaban J connectivity index is 0.000000426. The first kappa shape index (κ1) is 30.9. The van der Waals surface area contributed by atoms with Gasteiger partial charge in [0.25, 0.3) is 0 Å². The second-order valence-electron chi connectivity index (χ2n) is 8.37. The van der Waals surface area contributed by atoms with E-state index in [0.717, 1.165) is 43.3 Å². The first-order chi connectivity index (χ1) is 14.5. The topological polar surface area (TPSA) is 46.5 Å². The second kappa shape index (κ2) is 21.7. The van der Waals surface area contributed by atoms with Gasteiger partial charge in [0.15, 0.2) is 0 Å². The van der Waals surface area contributed by atoms with Crippen LogP contribution in [0, 0.1) is 11.8 Å². The maximum absolute atomic E-state index is 10.2. The van der Waals surface area contributed by atoms with Gasteiger partial charge in [-0.05, 0) is 44.4 Å². The quantitative estimate of drug-likeness (QED) is 0.240. The molecular weight excluding hydrogens is 459 g/mol. The molecule has 0 aromatic carbocycles. The van der Waals surface area contributed by atoms with E-state index >= 15 is 0 Å². The van der Waals surface area contributed by atoms with Gasteiger partial charge >= 0.3 is 0 Å². The molecule has 1 heterocycles. The molecule has 0 amide bonds. The summed E-state index contributed by atoms with van der Waals surface area (Å²) in [4.78, 5) is 10.2. The number of carbonyl (C=O) groups is 1. The fraction of sp³-hybridized carbons (Fsp3) is 0.957. The third-order valence-corrected chi connectivity index (χ3v) is 7.34. The highest BCUT2D eigenvalue weighted by Crippen LogP contribution is 2.38. The van der Waals surface area contributed by atoms with Crippen LogP contribution in [0.15, 0.2) is 0 Å². The summed E-state index contributed by atoms with van der Waals surface area (Å²) in [6, 6.07) is 0. The second-order valence-corrected chi connectivity index (χ2v) is 11.6. The molecule has 0 aromatic heterocycles. The van der Waals surface area contributed by atoms with Crippen LogP contribution in [0.1, 0.15) is 90.9 Å². The van der Waals surface area contributed by atoms with Crippen molar-refractivity contribution in [2.75, 3.05) is 18.6 Å². The lowest BCUT2D eigenvalue weighted by atomic mass is 9.90. The van der Waals surface area contributed by atoms with Gasteiger partial charge in [-0.25, -0.2) is 0 Å². The van der Waals surface area contributed by atoms with Crippen molar-refractivity contribution in [3.8, 4) is 0 Å². The van der Waals surface area contributed by atoms with E-state index in [1.807, 2.05) is 6.92 Å². The highest BCUT2D eigenvalue weighted by molar-refractivity contribution is 8.00. The molecule has 7 heteroatoms. The number of hydrogen-bond acceptors (Lipinski definition) is 5. The summed E-state index contributed by atoms with van der Waals surface area (Å²) in [5.41, 5.74) is 0.532.